The van der Waals surface area contributed by atoms with Crippen LogP contribution in [0.2, 0.25) is 0 Å². The molecule has 0 aromatic rings. The summed E-state index contributed by atoms with van der Waals surface area (Å²) in [7, 11) is 0. The van der Waals surface area contributed by atoms with Gasteiger partial charge in [0.15, 0.2) is 11.6 Å². The lowest BCUT2D eigenvalue weighted by Crippen LogP contribution is -2.67. The lowest BCUT2D eigenvalue weighted by Gasteiger charge is -2.70. The van der Waals surface area contributed by atoms with Crippen molar-refractivity contribution >= 4 is 11.6 Å². The molecule has 0 amide bonds. The molecule has 0 unspecified atom stereocenters. The van der Waals surface area contributed by atoms with E-state index >= 15 is 0 Å². The number of Topliss-reactive ketones (excluding diaryl/α,β-unsaturated/α-hetero) is 1. The van der Waals surface area contributed by atoms with E-state index in [2.05, 4.69) is 51.7 Å². The quantitative estimate of drug-likeness (QED) is 0.406. The lowest BCUT2D eigenvalue weighted by molar-refractivity contribution is -0.182. The molecule has 6 rings (SSSR count). The SMILES string of the molecule is C[C@@H]1[C@H]2[C@H]3C(=O)C=C4[C@@]5(C)C=C(C#N)C(=O)C(C)(C)[C@@H]5CC[C@@]4(C)[C@]3(C)CC[C@@]2(CN2CCC2)CC[C@H]1C. The molecule has 0 aromatic heterocycles. The van der Waals surface area contributed by atoms with Crippen LogP contribution in [0.3, 0.4) is 0 Å². The molecule has 4 heteroatoms. The lowest BCUT2D eigenvalue weighted by atomic mass is 9.34. The van der Waals surface area contributed by atoms with Crippen LogP contribution in [-0.4, -0.2) is 36.1 Å². The van der Waals surface area contributed by atoms with E-state index in [1.807, 2.05) is 19.9 Å². The highest BCUT2D eigenvalue weighted by molar-refractivity contribution is 6.04. The van der Waals surface area contributed by atoms with Crippen molar-refractivity contribution in [3.63, 3.8) is 0 Å². The van der Waals surface area contributed by atoms with E-state index in [9.17, 15) is 14.9 Å². The van der Waals surface area contributed by atoms with E-state index in [-0.39, 0.29) is 39.4 Å². The summed E-state index contributed by atoms with van der Waals surface area (Å²) in [4.78, 5) is 30.5. The predicted molar refractivity (Wildman–Crippen MR) is 150 cm³/mol. The van der Waals surface area contributed by atoms with Gasteiger partial charge in [0.25, 0.3) is 0 Å². The Bertz CT molecular complexity index is 1190. The maximum Gasteiger partial charge on any atom is 0.178 e. The second-order valence-corrected chi connectivity index (χ2v) is 15.7. The van der Waals surface area contributed by atoms with Crippen molar-refractivity contribution < 1.29 is 9.59 Å². The molecular weight excluding hydrogens is 468 g/mol. The zero-order valence-corrected chi connectivity index (χ0v) is 24.8. The van der Waals surface area contributed by atoms with Gasteiger partial charge in [0.2, 0.25) is 0 Å². The van der Waals surface area contributed by atoms with E-state index in [0.29, 0.717) is 23.5 Å². The second kappa shape index (κ2) is 8.15. The van der Waals surface area contributed by atoms with Crippen molar-refractivity contribution in [1.29, 1.82) is 5.26 Å². The first kappa shape index (κ1) is 26.5. The number of fused-ring (bicyclic) bond motifs is 7. The minimum Gasteiger partial charge on any atom is -0.303 e. The minimum absolute atomic E-state index is 0.0311. The second-order valence-electron chi connectivity index (χ2n) is 15.7. The first-order valence-corrected chi connectivity index (χ1v) is 15.4. The van der Waals surface area contributed by atoms with Gasteiger partial charge >= 0.3 is 0 Å². The Morgan fingerprint density at radius 2 is 1.71 bits per heavy atom. The standard InChI is InChI=1S/C34H48N2O2/c1-21-9-12-34(20-36-15-8-16-36)14-13-33(7)28(27(34)22(21)2)24(37)17-26-31(5)18-23(19-35)29(38)30(3,4)25(31)10-11-32(26,33)6/h17-18,21-22,25,27-28H,8-16,20H2,1-7H3/t21-,22+,25+,27+,28-,31+,32-,33-,34-/m1/s1. The van der Waals surface area contributed by atoms with Crippen LogP contribution >= 0.6 is 0 Å². The van der Waals surface area contributed by atoms with E-state index in [0.717, 1.165) is 19.3 Å². The summed E-state index contributed by atoms with van der Waals surface area (Å²) in [6.45, 7) is 19.7. The molecule has 1 saturated heterocycles. The molecule has 4 nitrogen and oxygen atoms in total. The molecule has 1 aliphatic heterocycles. The molecule has 0 N–H and O–H groups in total. The summed E-state index contributed by atoms with van der Waals surface area (Å²) in [5.41, 5.74) is 0.467. The van der Waals surface area contributed by atoms with Crippen LogP contribution in [-0.2, 0) is 9.59 Å². The number of rotatable bonds is 2. The summed E-state index contributed by atoms with van der Waals surface area (Å²) >= 11 is 0. The number of likely N-dealkylation sites (tertiary alicyclic amines) is 1. The van der Waals surface area contributed by atoms with Crippen molar-refractivity contribution in [2.45, 2.75) is 93.4 Å². The summed E-state index contributed by atoms with van der Waals surface area (Å²) in [6.07, 6.45) is 12.2. The molecule has 4 fully saturated rings. The van der Waals surface area contributed by atoms with Crippen LogP contribution in [0.4, 0.5) is 0 Å². The topological polar surface area (TPSA) is 61.2 Å². The Labute approximate surface area is 230 Å². The van der Waals surface area contributed by atoms with Crippen LogP contribution in [0.15, 0.2) is 23.3 Å². The summed E-state index contributed by atoms with van der Waals surface area (Å²) < 4.78 is 0. The molecule has 3 saturated carbocycles. The average molecular weight is 517 g/mol. The molecule has 0 bridgehead atoms. The number of hydrogen-bond donors (Lipinski definition) is 0. The minimum atomic E-state index is -0.607. The molecule has 9 atom stereocenters. The van der Waals surface area contributed by atoms with Crippen molar-refractivity contribution in [1.82, 2.24) is 4.90 Å². The molecule has 0 radical (unpaired) electrons. The first-order chi connectivity index (χ1) is 17.7. The highest BCUT2D eigenvalue weighted by atomic mass is 16.1. The van der Waals surface area contributed by atoms with E-state index in [1.54, 1.807) is 0 Å². The van der Waals surface area contributed by atoms with Gasteiger partial charge in [-0.3, -0.25) is 9.59 Å². The van der Waals surface area contributed by atoms with Gasteiger partial charge in [-0.15, -0.1) is 0 Å². The van der Waals surface area contributed by atoms with Gasteiger partial charge in [0.1, 0.15) is 6.07 Å². The van der Waals surface area contributed by atoms with Crippen LogP contribution in [0.1, 0.15) is 93.4 Å². The van der Waals surface area contributed by atoms with Gasteiger partial charge in [-0.2, -0.15) is 5.26 Å². The monoisotopic (exact) mass is 516 g/mol. The molecule has 5 aliphatic carbocycles. The van der Waals surface area contributed by atoms with Crippen LogP contribution in [0, 0.1) is 68.0 Å². The smallest absolute Gasteiger partial charge is 0.178 e. The molecule has 0 aromatic carbocycles. The molecule has 206 valence electrons. The fraction of sp³-hybridized carbons (Fsp3) is 0.794. The molecule has 0 spiro atoms. The normalized spacial score (nSPS) is 49.8. The summed E-state index contributed by atoms with van der Waals surface area (Å²) in [6, 6.07) is 2.23. The van der Waals surface area contributed by atoms with Gasteiger partial charge in [-0.1, -0.05) is 60.1 Å². The van der Waals surface area contributed by atoms with Crippen LogP contribution in [0.25, 0.3) is 0 Å². The Morgan fingerprint density at radius 1 is 1.00 bits per heavy atom. The van der Waals surface area contributed by atoms with Gasteiger partial charge in [0.05, 0.1) is 5.57 Å². The highest BCUT2D eigenvalue weighted by Gasteiger charge is 2.70. The van der Waals surface area contributed by atoms with Crippen molar-refractivity contribution in [2.75, 3.05) is 19.6 Å². The van der Waals surface area contributed by atoms with Crippen molar-refractivity contribution in [3.8, 4) is 6.07 Å². The molecular formula is C34H48N2O2. The van der Waals surface area contributed by atoms with E-state index in [4.69, 9.17) is 0 Å². The Balaban J connectivity index is 1.50. The average Bonchev–Trinajstić information content (AvgIpc) is 2.83. The number of ketones is 2. The van der Waals surface area contributed by atoms with Crippen LogP contribution < -0.4 is 0 Å². The number of carbonyl (C=O) groups excluding carboxylic acids is 2. The highest BCUT2D eigenvalue weighted by Crippen LogP contribution is 2.74. The third kappa shape index (κ3) is 3.12. The number of nitrogens with zero attached hydrogens (tertiary/aromatic N) is 2. The Morgan fingerprint density at radius 3 is 2.34 bits per heavy atom. The first-order valence-electron chi connectivity index (χ1n) is 15.4. The molecule has 6 aliphatic rings. The van der Waals surface area contributed by atoms with Crippen molar-refractivity contribution in [2.24, 2.45) is 56.7 Å². The Hall–Kier alpha value is -1.73. The number of hydrogen-bond acceptors (Lipinski definition) is 4. The zero-order valence-electron chi connectivity index (χ0n) is 24.8. The summed E-state index contributed by atoms with van der Waals surface area (Å²) in [5.74, 6) is 2.08. The van der Waals surface area contributed by atoms with Crippen LogP contribution in [0.5, 0.6) is 0 Å². The summed E-state index contributed by atoms with van der Waals surface area (Å²) in [5, 5.41) is 9.93. The van der Waals surface area contributed by atoms with Crippen molar-refractivity contribution in [3.05, 3.63) is 23.3 Å². The zero-order chi connectivity index (χ0) is 27.5. The van der Waals surface area contributed by atoms with Gasteiger partial charge < -0.3 is 4.90 Å². The maximum atomic E-state index is 14.6. The van der Waals surface area contributed by atoms with Gasteiger partial charge in [0, 0.05) is 23.3 Å². The van der Waals surface area contributed by atoms with Gasteiger partial charge in [-0.25, -0.2) is 0 Å². The number of allylic oxidation sites excluding steroid dienone is 4. The third-order valence-electron chi connectivity index (χ3n) is 13.9. The third-order valence-corrected chi connectivity index (χ3v) is 13.9. The number of nitriles is 1. The van der Waals surface area contributed by atoms with Gasteiger partial charge in [-0.05, 0) is 104 Å². The van der Waals surface area contributed by atoms with E-state index < -0.39 is 10.8 Å². The Kier molecular flexibility index (Phi) is 5.68. The predicted octanol–water partition coefficient (Wildman–Crippen LogP) is 6.77. The fourth-order valence-electron chi connectivity index (χ4n) is 11.3. The maximum absolute atomic E-state index is 14.6. The fourth-order valence-corrected chi connectivity index (χ4v) is 11.3. The largest absolute Gasteiger partial charge is 0.303 e. The molecule has 1 heterocycles. The number of carbonyl (C=O) groups is 2. The molecule has 38 heavy (non-hydrogen) atoms. The van der Waals surface area contributed by atoms with E-state index in [1.165, 1.54) is 50.9 Å².